The first-order valence-electron chi connectivity index (χ1n) is 6.78. The fraction of sp³-hybridized carbons (Fsp3) is 0.643. The lowest BCUT2D eigenvalue weighted by Crippen LogP contribution is -2.34. The number of aromatic nitrogens is 1. The Morgan fingerprint density at radius 3 is 3.06 bits per heavy atom. The van der Waals surface area contributed by atoms with Crippen molar-refractivity contribution in [2.45, 2.75) is 44.4 Å². The van der Waals surface area contributed by atoms with Gasteiger partial charge in [-0.3, -0.25) is 4.98 Å². The Kier molecular flexibility index (Phi) is 3.31. The van der Waals surface area contributed by atoms with Gasteiger partial charge in [0.1, 0.15) is 5.82 Å². The molecule has 0 amide bonds. The van der Waals surface area contributed by atoms with E-state index < -0.39 is 0 Å². The largest absolute Gasteiger partial charge is 0.375 e. The van der Waals surface area contributed by atoms with E-state index in [0.717, 1.165) is 24.9 Å². The summed E-state index contributed by atoms with van der Waals surface area (Å²) in [7, 11) is 0. The van der Waals surface area contributed by atoms with Crippen LogP contribution < -0.4 is 5.32 Å². The summed E-state index contributed by atoms with van der Waals surface area (Å²) in [4.78, 5) is 3.83. The van der Waals surface area contributed by atoms with Crippen LogP contribution in [0.4, 0.5) is 4.39 Å². The minimum Gasteiger partial charge on any atom is -0.375 e. The zero-order chi connectivity index (χ0) is 12.5. The summed E-state index contributed by atoms with van der Waals surface area (Å²) in [6, 6.07) is 1.84. The summed E-state index contributed by atoms with van der Waals surface area (Å²) < 4.78 is 19.8. The molecule has 2 fully saturated rings. The van der Waals surface area contributed by atoms with Crippen molar-refractivity contribution in [1.29, 1.82) is 0 Å². The summed E-state index contributed by atoms with van der Waals surface area (Å²) in [5.41, 5.74) is 0.730. The van der Waals surface area contributed by atoms with Crippen LogP contribution in [0.15, 0.2) is 18.5 Å². The molecule has 1 N–H and O–H groups in total. The van der Waals surface area contributed by atoms with Crippen LogP contribution in [0.3, 0.4) is 0 Å². The molecule has 0 aliphatic carbocycles. The van der Waals surface area contributed by atoms with Crippen molar-refractivity contribution < 1.29 is 9.13 Å². The highest BCUT2D eigenvalue weighted by Crippen LogP contribution is 2.44. The molecule has 4 atom stereocenters. The summed E-state index contributed by atoms with van der Waals surface area (Å²) >= 11 is 0. The standard InChI is InChI=1S/C14H19FN2O/c1-2-17-14(10-5-6-16-8-12(10)15)11-7-9-3-4-13(11)18-9/h5-6,8-9,11,13-14,17H,2-4,7H2,1H3. The number of rotatable bonds is 4. The van der Waals surface area contributed by atoms with Crippen molar-refractivity contribution in [3.8, 4) is 0 Å². The van der Waals surface area contributed by atoms with E-state index in [1.54, 1.807) is 12.3 Å². The van der Waals surface area contributed by atoms with Crippen LogP contribution >= 0.6 is 0 Å². The molecular weight excluding hydrogens is 231 g/mol. The third-order valence-electron chi connectivity index (χ3n) is 4.14. The molecule has 98 valence electrons. The van der Waals surface area contributed by atoms with E-state index >= 15 is 0 Å². The van der Waals surface area contributed by atoms with Crippen molar-refractivity contribution >= 4 is 0 Å². The lowest BCUT2D eigenvalue weighted by molar-refractivity contribution is 0.0855. The normalized spacial score (nSPS) is 31.8. The molecule has 1 aromatic heterocycles. The van der Waals surface area contributed by atoms with Gasteiger partial charge in [0.05, 0.1) is 18.4 Å². The molecule has 0 radical (unpaired) electrons. The van der Waals surface area contributed by atoms with Gasteiger partial charge in [0.2, 0.25) is 0 Å². The molecular formula is C14H19FN2O. The highest BCUT2D eigenvalue weighted by atomic mass is 19.1. The van der Waals surface area contributed by atoms with Crippen molar-refractivity contribution in [3.63, 3.8) is 0 Å². The van der Waals surface area contributed by atoms with Gasteiger partial charge in [-0.1, -0.05) is 6.92 Å². The fourth-order valence-corrected chi connectivity index (χ4v) is 3.38. The number of fused-ring (bicyclic) bond motifs is 2. The Labute approximate surface area is 107 Å². The molecule has 3 rings (SSSR count). The summed E-state index contributed by atoms with van der Waals surface area (Å²) in [5, 5.41) is 3.42. The molecule has 2 aliphatic rings. The number of hydrogen-bond acceptors (Lipinski definition) is 3. The molecule has 3 nitrogen and oxygen atoms in total. The fourth-order valence-electron chi connectivity index (χ4n) is 3.38. The molecule has 2 aliphatic heterocycles. The molecule has 3 heterocycles. The van der Waals surface area contributed by atoms with Crippen LogP contribution in [0, 0.1) is 11.7 Å². The van der Waals surface area contributed by atoms with Gasteiger partial charge < -0.3 is 10.1 Å². The number of nitrogens with one attached hydrogen (secondary N) is 1. The summed E-state index contributed by atoms with van der Waals surface area (Å²) in [6.45, 7) is 2.89. The quantitative estimate of drug-likeness (QED) is 0.891. The van der Waals surface area contributed by atoms with Crippen LogP contribution in [0.5, 0.6) is 0 Å². The predicted octanol–water partition coefficient (Wildman–Crippen LogP) is 2.44. The van der Waals surface area contributed by atoms with Gasteiger partial charge in [-0.25, -0.2) is 4.39 Å². The van der Waals surface area contributed by atoms with E-state index in [-0.39, 0.29) is 11.9 Å². The van der Waals surface area contributed by atoms with Crippen molar-refractivity contribution in [2.24, 2.45) is 5.92 Å². The number of pyridine rings is 1. The van der Waals surface area contributed by atoms with Gasteiger partial charge >= 0.3 is 0 Å². The Balaban J connectivity index is 1.86. The Morgan fingerprint density at radius 1 is 1.56 bits per heavy atom. The minimum atomic E-state index is -0.216. The van der Waals surface area contributed by atoms with Gasteiger partial charge in [-0.05, 0) is 31.9 Å². The summed E-state index contributed by atoms with van der Waals surface area (Å²) in [6.07, 6.45) is 6.98. The van der Waals surface area contributed by atoms with Crippen molar-refractivity contribution in [2.75, 3.05) is 6.54 Å². The van der Waals surface area contributed by atoms with Crippen LogP contribution in [0.1, 0.15) is 37.8 Å². The van der Waals surface area contributed by atoms with E-state index in [1.807, 2.05) is 0 Å². The second kappa shape index (κ2) is 4.94. The zero-order valence-corrected chi connectivity index (χ0v) is 10.6. The van der Waals surface area contributed by atoms with E-state index in [2.05, 4.69) is 17.2 Å². The van der Waals surface area contributed by atoms with Crippen LogP contribution in [-0.2, 0) is 4.74 Å². The molecule has 0 aromatic carbocycles. The molecule has 4 heteroatoms. The highest BCUT2D eigenvalue weighted by molar-refractivity contribution is 5.20. The maximum absolute atomic E-state index is 13.9. The Hall–Kier alpha value is -1.00. The molecule has 0 spiro atoms. The second-order valence-corrected chi connectivity index (χ2v) is 5.21. The summed E-state index contributed by atoms with van der Waals surface area (Å²) in [5.74, 6) is 0.173. The maximum Gasteiger partial charge on any atom is 0.146 e. The SMILES string of the molecule is CCNC(c1ccncc1F)C1CC2CCC1O2. The zero-order valence-electron chi connectivity index (χ0n) is 10.6. The minimum absolute atomic E-state index is 0.0494. The maximum atomic E-state index is 13.9. The molecule has 0 saturated carbocycles. The van der Waals surface area contributed by atoms with Crippen molar-refractivity contribution in [1.82, 2.24) is 10.3 Å². The Morgan fingerprint density at radius 2 is 2.44 bits per heavy atom. The second-order valence-electron chi connectivity index (χ2n) is 5.21. The number of ether oxygens (including phenoxy) is 1. The number of halogens is 1. The van der Waals surface area contributed by atoms with E-state index in [0.29, 0.717) is 18.1 Å². The number of nitrogens with zero attached hydrogens (tertiary/aromatic N) is 1. The average molecular weight is 250 g/mol. The molecule has 18 heavy (non-hydrogen) atoms. The van der Waals surface area contributed by atoms with E-state index in [4.69, 9.17) is 4.74 Å². The Bertz CT molecular complexity index is 426. The van der Waals surface area contributed by atoms with Crippen LogP contribution in [-0.4, -0.2) is 23.7 Å². The van der Waals surface area contributed by atoms with Gasteiger partial charge in [0.15, 0.2) is 0 Å². The lowest BCUT2D eigenvalue weighted by atomic mass is 9.81. The molecule has 2 bridgehead atoms. The van der Waals surface area contributed by atoms with Crippen LogP contribution in [0.25, 0.3) is 0 Å². The van der Waals surface area contributed by atoms with Gasteiger partial charge in [0.25, 0.3) is 0 Å². The van der Waals surface area contributed by atoms with Gasteiger partial charge in [0, 0.05) is 23.7 Å². The van der Waals surface area contributed by atoms with E-state index in [9.17, 15) is 4.39 Å². The first-order valence-corrected chi connectivity index (χ1v) is 6.78. The lowest BCUT2D eigenvalue weighted by Gasteiger charge is -2.29. The average Bonchev–Trinajstić information content (AvgIpc) is 2.99. The third-order valence-corrected chi connectivity index (χ3v) is 4.14. The number of hydrogen-bond donors (Lipinski definition) is 1. The molecule has 2 saturated heterocycles. The smallest absolute Gasteiger partial charge is 0.146 e. The highest BCUT2D eigenvalue weighted by Gasteiger charge is 2.45. The monoisotopic (exact) mass is 250 g/mol. The molecule has 1 aromatic rings. The first-order chi connectivity index (χ1) is 8.79. The van der Waals surface area contributed by atoms with Gasteiger partial charge in [-0.2, -0.15) is 0 Å². The third kappa shape index (κ3) is 2.04. The van der Waals surface area contributed by atoms with E-state index in [1.165, 1.54) is 12.6 Å². The van der Waals surface area contributed by atoms with Crippen molar-refractivity contribution in [3.05, 3.63) is 29.8 Å². The first kappa shape index (κ1) is 12.1. The van der Waals surface area contributed by atoms with Crippen LogP contribution in [0.2, 0.25) is 0 Å². The molecule has 4 unspecified atom stereocenters. The predicted molar refractivity (Wildman–Crippen MR) is 66.6 cm³/mol. The topological polar surface area (TPSA) is 34.2 Å². The van der Waals surface area contributed by atoms with Gasteiger partial charge in [-0.15, -0.1) is 0 Å².